The van der Waals surface area contributed by atoms with Gasteiger partial charge in [0.2, 0.25) is 0 Å². The summed E-state index contributed by atoms with van der Waals surface area (Å²) in [5.41, 5.74) is 6.98. The molecule has 0 saturated heterocycles. The third kappa shape index (κ3) is 2.23. The van der Waals surface area contributed by atoms with Crippen LogP contribution in [0, 0.1) is 0 Å². The molecule has 16 heavy (non-hydrogen) atoms. The van der Waals surface area contributed by atoms with Crippen LogP contribution in [0.4, 0.5) is 5.13 Å². The van der Waals surface area contributed by atoms with Crippen LogP contribution >= 0.6 is 11.3 Å². The second kappa shape index (κ2) is 4.72. The molecule has 0 spiro atoms. The van der Waals surface area contributed by atoms with Gasteiger partial charge in [-0.25, -0.2) is 4.98 Å². The lowest BCUT2D eigenvalue weighted by Crippen LogP contribution is -2.24. The Morgan fingerprint density at radius 1 is 1.50 bits per heavy atom. The lowest BCUT2D eigenvalue weighted by molar-refractivity contribution is 0.786. The zero-order valence-electron chi connectivity index (χ0n) is 10.4. The van der Waals surface area contributed by atoms with Gasteiger partial charge in [0, 0.05) is 24.0 Å². The number of hydrogen-bond donors (Lipinski definition) is 1. The molecule has 1 fully saturated rings. The Morgan fingerprint density at radius 3 is 2.56 bits per heavy atom. The highest BCUT2D eigenvalue weighted by molar-refractivity contribution is 7.15. The first kappa shape index (κ1) is 11.9. The highest BCUT2D eigenvalue weighted by Gasteiger charge is 2.30. The molecule has 3 nitrogen and oxygen atoms in total. The highest BCUT2D eigenvalue weighted by Crippen LogP contribution is 2.36. The fourth-order valence-corrected chi connectivity index (χ4v) is 3.24. The summed E-state index contributed by atoms with van der Waals surface area (Å²) < 4.78 is 0. The molecular formula is C12H21N3S. The van der Waals surface area contributed by atoms with Gasteiger partial charge in [0.1, 0.15) is 0 Å². The van der Waals surface area contributed by atoms with Gasteiger partial charge in [-0.15, -0.1) is 11.3 Å². The van der Waals surface area contributed by atoms with Gasteiger partial charge in [-0.2, -0.15) is 0 Å². The number of anilines is 1. The molecule has 0 unspecified atom stereocenters. The van der Waals surface area contributed by atoms with Crippen LogP contribution in [0.5, 0.6) is 0 Å². The van der Waals surface area contributed by atoms with E-state index >= 15 is 0 Å². The topological polar surface area (TPSA) is 42.2 Å². The van der Waals surface area contributed by atoms with Crippen molar-refractivity contribution in [3.8, 4) is 0 Å². The first-order valence-corrected chi connectivity index (χ1v) is 6.95. The minimum atomic E-state index is 0.474. The third-order valence-electron chi connectivity index (χ3n) is 3.02. The number of hydrogen-bond acceptors (Lipinski definition) is 4. The molecule has 0 bridgehead atoms. The second-order valence-electron chi connectivity index (χ2n) is 4.68. The molecule has 1 aliphatic rings. The van der Waals surface area contributed by atoms with E-state index in [0.717, 1.165) is 12.6 Å². The molecule has 1 saturated carbocycles. The average molecular weight is 239 g/mol. The van der Waals surface area contributed by atoms with Gasteiger partial charge in [-0.1, -0.05) is 13.8 Å². The van der Waals surface area contributed by atoms with Gasteiger partial charge < -0.3 is 10.6 Å². The quantitative estimate of drug-likeness (QED) is 0.859. The largest absolute Gasteiger partial charge is 0.345 e. The van der Waals surface area contributed by atoms with Crippen LogP contribution < -0.4 is 10.6 Å². The van der Waals surface area contributed by atoms with Gasteiger partial charge in [0.15, 0.2) is 5.13 Å². The monoisotopic (exact) mass is 239 g/mol. The van der Waals surface area contributed by atoms with E-state index in [0.29, 0.717) is 12.5 Å². The van der Waals surface area contributed by atoms with Crippen LogP contribution in [-0.2, 0) is 6.54 Å². The van der Waals surface area contributed by atoms with Crippen molar-refractivity contribution in [2.24, 2.45) is 5.73 Å². The number of aromatic nitrogens is 1. The van der Waals surface area contributed by atoms with Crippen LogP contribution in [0.15, 0.2) is 0 Å². The van der Waals surface area contributed by atoms with E-state index in [4.69, 9.17) is 10.7 Å². The minimum Gasteiger partial charge on any atom is -0.345 e. The van der Waals surface area contributed by atoms with Crippen LogP contribution in [0.25, 0.3) is 0 Å². The molecule has 4 heteroatoms. The van der Waals surface area contributed by atoms with Crippen LogP contribution in [0.1, 0.15) is 50.1 Å². The summed E-state index contributed by atoms with van der Waals surface area (Å²) in [6.07, 6.45) is 2.64. The summed E-state index contributed by atoms with van der Waals surface area (Å²) in [6, 6.07) is 0.738. The molecule has 0 atom stereocenters. The van der Waals surface area contributed by atoms with Gasteiger partial charge in [0.25, 0.3) is 0 Å². The van der Waals surface area contributed by atoms with E-state index in [-0.39, 0.29) is 0 Å². The SMILES string of the molecule is CCN(c1nc(C(C)C)c(CN)s1)C1CC1. The van der Waals surface area contributed by atoms with Crippen molar-refractivity contribution >= 4 is 16.5 Å². The van der Waals surface area contributed by atoms with E-state index in [1.165, 1.54) is 28.5 Å². The molecule has 0 amide bonds. The molecule has 1 aromatic rings. The lowest BCUT2D eigenvalue weighted by Gasteiger charge is -2.18. The maximum Gasteiger partial charge on any atom is 0.186 e. The molecule has 0 radical (unpaired) electrons. The number of nitrogens with two attached hydrogens (primary N) is 1. The first-order chi connectivity index (χ1) is 7.67. The predicted octanol–water partition coefficient (Wildman–Crippen LogP) is 2.71. The van der Waals surface area contributed by atoms with Crippen LogP contribution in [0.3, 0.4) is 0 Å². The fraction of sp³-hybridized carbons (Fsp3) is 0.750. The van der Waals surface area contributed by atoms with E-state index in [2.05, 4.69) is 25.7 Å². The lowest BCUT2D eigenvalue weighted by atomic mass is 10.1. The van der Waals surface area contributed by atoms with Crippen molar-refractivity contribution in [1.82, 2.24) is 4.98 Å². The Labute approximate surface area is 102 Å². The van der Waals surface area contributed by atoms with Gasteiger partial charge in [-0.3, -0.25) is 0 Å². The molecule has 0 aliphatic heterocycles. The summed E-state index contributed by atoms with van der Waals surface area (Å²) in [5.74, 6) is 0.474. The zero-order valence-corrected chi connectivity index (χ0v) is 11.2. The Morgan fingerprint density at radius 2 is 2.19 bits per heavy atom. The maximum atomic E-state index is 5.79. The predicted molar refractivity (Wildman–Crippen MR) is 70.1 cm³/mol. The summed E-state index contributed by atoms with van der Waals surface area (Å²) in [7, 11) is 0. The summed E-state index contributed by atoms with van der Waals surface area (Å²) in [5, 5.41) is 1.18. The second-order valence-corrected chi connectivity index (χ2v) is 5.74. The highest BCUT2D eigenvalue weighted by atomic mass is 32.1. The van der Waals surface area contributed by atoms with E-state index in [1.54, 1.807) is 11.3 Å². The van der Waals surface area contributed by atoms with E-state index < -0.39 is 0 Å². The van der Waals surface area contributed by atoms with E-state index in [1.807, 2.05) is 0 Å². The third-order valence-corrected chi connectivity index (χ3v) is 4.15. The molecule has 2 rings (SSSR count). The zero-order chi connectivity index (χ0) is 11.7. The van der Waals surface area contributed by atoms with Crippen molar-refractivity contribution in [2.75, 3.05) is 11.4 Å². The molecule has 0 aromatic carbocycles. The average Bonchev–Trinajstić information content (AvgIpc) is 2.98. The Kier molecular flexibility index (Phi) is 3.50. The standard InChI is InChI=1S/C12H21N3S/c1-4-15(9-5-6-9)12-14-11(8(2)3)10(7-13)16-12/h8-9H,4-7,13H2,1-3H3. The van der Waals surface area contributed by atoms with Gasteiger partial charge in [-0.05, 0) is 25.7 Å². The number of thiazole rings is 1. The summed E-state index contributed by atoms with van der Waals surface area (Å²) >= 11 is 1.78. The molecule has 90 valence electrons. The van der Waals surface area contributed by atoms with E-state index in [9.17, 15) is 0 Å². The van der Waals surface area contributed by atoms with Crippen molar-refractivity contribution < 1.29 is 0 Å². The molecule has 1 heterocycles. The summed E-state index contributed by atoms with van der Waals surface area (Å²) in [4.78, 5) is 8.46. The Balaban J connectivity index is 2.26. The first-order valence-electron chi connectivity index (χ1n) is 6.13. The smallest absolute Gasteiger partial charge is 0.186 e. The van der Waals surface area contributed by atoms with Crippen molar-refractivity contribution in [2.45, 2.75) is 52.1 Å². The molecule has 1 aromatic heterocycles. The van der Waals surface area contributed by atoms with Crippen molar-refractivity contribution in [3.63, 3.8) is 0 Å². The van der Waals surface area contributed by atoms with Gasteiger partial charge >= 0.3 is 0 Å². The Bertz CT molecular complexity index is 355. The minimum absolute atomic E-state index is 0.474. The Hall–Kier alpha value is -0.610. The fourth-order valence-electron chi connectivity index (χ4n) is 2.01. The molecule has 2 N–H and O–H groups in total. The van der Waals surface area contributed by atoms with Crippen LogP contribution in [0.2, 0.25) is 0 Å². The number of rotatable bonds is 5. The van der Waals surface area contributed by atoms with Crippen LogP contribution in [-0.4, -0.2) is 17.6 Å². The normalized spacial score (nSPS) is 15.8. The summed E-state index contributed by atoms with van der Waals surface area (Å²) in [6.45, 7) is 8.25. The van der Waals surface area contributed by atoms with Crippen molar-refractivity contribution in [3.05, 3.63) is 10.6 Å². The molecule has 1 aliphatic carbocycles. The number of nitrogens with zero attached hydrogens (tertiary/aromatic N) is 2. The van der Waals surface area contributed by atoms with Gasteiger partial charge in [0.05, 0.1) is 5.69 Å². The van der Waals surface area contributed by atoms with Crippen molar-refractivity contribution in [1.29, 1.82) is 0 Å². The molecular weight excluding hydrogens is 218 g/mol. The maximum absolute atomic E-state index is 5.79.